The van der Waals surface area contributed by atoms with Gasteiger partial charge in [0.15, 0.2) is 9.84 Å². The lowest BCUT2D eigenvalue weighted by Crippen LogP contribution is -2.46. The maximum absolute atomic E-state index is 13.6. The average molecular weight is 568 g/mol. The smallest absolute Gasteiger partial charge is 0.229 e. The van der Waals surface area contributed by atoms with Gasteiger partial charge in [-0.25, -0.2) is 8.42 Å². The van der Waals surface area contributed by atoms with E-state index >= 15 is 0 Å². The third-order valence-corrected chi connectivity index (χ3v) is 10.7. The molecule has 0 radical (unpaired) electrons. The Morgan fingerprint density at radius 2 is 1.75 bits per heavy atom. The van der Waals surface area contributed by atoms with Crippen molar-refractivity contribution < 1.29 is 18.0 Å². The SMILES string of the molecule is CC(C)CC(=O)N1CC(C2=CC=CCC2)[C@@H](CN2CCC3(CC2)CCN(Cc2ccc(S(C)(=O)=O)cc2)C3=O)C1. The molecule has 1 aromatic carbocycles. The van der Waals surface area contributed by atoms with Crippen molar-refractivity contribution in [2.75, 3.05) is 45.5 Å². The number of carbonyl (C=O) groups excluding carboxylic acids is 2. The minimum Gasteiger partial charge on any atom is -0.342 e. The third-order valence-electron chi connectivity index (χ3n) is 9.53. The molecule has 1 spiro atoms. The molecule has 0 aromatic heterocycles. The molecule has 3 aliphatic heterocycles. The zero-order valence-corrected chi connectivity index (χ0v) is 25.2. The van der Waals surface area contributed by atoms with Crippen molar-refractivity contribution in [2.24, 2.45) is 23.2 Å². The number of nitrogens with zero attached hydrogens (tertiary/aromatic N) is 3. The Labute approximate surface area is 240 Å². The molecule has 7 nitrogen and oxygen atoms in total. The van der Waals surface area contributed by atoms with E-state index in [0.29, 0.717) is 35.6 Å². The molecule has 1 unspecified atom stereocenters. The Kier molecular flexibility index (Phi) is 8.58. The quantitative estimate of drug-likeness (QED) is 0.468. The first kappa shape index (κ1) is 29.1. The fourth-order valence-corrected chi connectivity index (χ4v) is 7.78. The lowest BCUT2D eigenvalue weighted by molar-refractivity contribution is -0.139. The highest BCUT2D eigenvalue weighted by molar-refractivity contribution is 7.90. The van der Waals surface area contributed by atoms with Crippen molar-refractivity contribution in [2.45, 2.75) is 63.8 Å². The van der Waals surface area contributed by atoms with E-state index in [1.165, 1.54) is 11.8 Å². The van der Waals surface area contributed by atoms with Gasteiger partial charge in [-0.2, -0.15) is 0 Å². The summed E-state index contributed by atoms with van der Waals surface area (Å²) in [5.74, 6) is 1.77. The molecule has 3 fully saturated rings. The molecule has 3 heterocycles. The molecule has 0 saturated carbocycles. The van der Waals surface area contributed by atoms with Gasteiger partial charge in [-0.15, -0.1) is 0 Å². The minimum absolute atomic E-state index is 0.252. The van der Waals surface area contributed by atoms with Gasteiger partial charge in [-0.05, 0) is 74.7 Å². The average Bonchev–Trinajstić information content (AvgIpc) is 3.47. The zero-order chi connectivity index (χ0) is 28.5. The molecule has 0 N–H and O–H groups in total. The van der Waals surface area contributed by atoms with Crippen LogP contribution in [0.25, 0.3) is 0 Å². The predicted octanol–water partition coefficient (Wildman–Crippen LogP) is 4.30. The lowest BCUT2D eigenvalue weighted by atomic mass is 9.76. The van der Waals surface area contributed by atoms with Gasteiger partial charge >= 0.3 is 0 Å². The first-order chi connectivity index (χ1) is 19.0. The predicted molar refractivity (Wildman–Crippen MR) is 157 cm³/mol. The van der Waals surface area contributed by atoms with Gasteiger partial charge in [0.2, 0.25) is 11.8 Å². The van der Waals surface area contributed by atoms with E-state index < -0.39 is 9.84 Å². The first-order valence-electron chi connectivity index (χ1n) is 15.0. The van der Waals surface area contributed by atoms with Crippen molar-refractivity contribution in [3.63, 3.8) is 0 Å². The van der Waals surface area contributed by atoms with Gasteiger partial charge in [-0.1, -0.05) is 49.8 Å². The maximum atomic E-state index is 13.6. The number of benzene rings is 1. The Morgan fingerprint density at radius 3 is 2.38 bits per heavy atom. The van der Waals surface area contributed by atoms with Crippen LogP contribution >= 0.6 is 0 Å². The van der Waals surface area contributed by atoms with Gasteiger partial charge in [-0.3, -0.25) is 9.59 Å². The van der Waals surface area contributed by atoms with E-state index in [0.717, 1.165) is 76.9 Å². The molecule has 1 aliphatic carbocycles. The molecule has 4 aliphatic rings. The highest BCUT2D eigenvalue weighted by atomic mass is 32.2. The van der Waals surface area contributed by atoms with Gasteiger partial charge in [0.05, 0.1) is 10.3 Å². The Bertz CT molecular complexity index is 1260. The fraction of sp³-hybridized carbons (Fsp3) is 0.625. The van der Waals surface area contributed by atoms with Crippen molar-refractivity contribution in [3.05, 3.63) is 53.6 Å². The van der Waals surface area contributed by atoms with E-state index in [9.17, 15) is 18.0 Å². The van der Waals surface area contributed by atoms with Crippen LogP contribution < -0.4 is 0 Å². The monoisotopic (exact) mass is 567 g/mol. The molecular formula is C32H45N3O4S. The number of hydrogen-bond acceptors (Lipinski definition) is 5. The first-order valence-corrected chi connectivity index (χ1v) is 16.9. The maximum Gasteiger partial charge on any atom is 0.229 e. The van der Waals surface area contributed by atoms with E-state index in [4.69, 9.17) is 0 Å². The second kappa shape index (κ2) is 11.8. The summed E-state index contributed by atoms with van der Waals surface area (Å²) in [5, 5.41) is 0. The summed E-state index contributed by atoms with van der Waals surface area (Å²) in [7, 11) is -3.23. The van der Waals surface area contributed by atoms with Crippen LogP contribution in [-0.2, 0) is 26.0 Å². The number of piperidine rings is 1. The summed E-state index contributed by atoms with van der Waals surface area (Å²) in [6.45, 7) is 10.0. The summed E-state index contributed by atoms with van der Waals surface area (Å²) in [4.78, 5) is 33.5. The molecule has 3 saturated heterocycles. The van der Waals surface area contributed by atoms with Crippen molar-refractivity contribution in [1.29, 1.82) is 0 Å². The van der Waals surface area contributed by atoms with Crippen LogP contribution in [0.5, 0.6) is 0 Å². The number of allylic oxidation sites excluding steroid dienone is 3. The summed E-state index contributed by atoms with van der Waals surface area (Å²) >= 11 is 0. The lowest BCUT2D eigenvalue weighted by Gasteiger charge is -2.39. The summed E-state index contributed by atoms with van der Waals surface area (Å²) in [5.41, 5.74) is 2.19. The fourth-order valence-electron chi connectivity index (χ4n) is 7.15. The number of sulfone groups is 1. The zero-order valence-electron chi connectivity index (χ0n) is 24.3. The Hall–Kier alpha value is -2.45. The van der Waals surface area contributed by atoms with E-state index in [2.05, 4.69) is 41.9 Å². The van der Waals surface area contributed by atoms with Crippen LogP contribution in [0.3, 0.4) is 0 Å². The van der Waals surface area contributed by atoms with Gasteiger partial charge in [0.25, 0.3) is 0 Å². The normalized spacial score (nSPS) is 25.3. The number of carbonyl (C=O) groups is 2. The van der Waals surface area contributed by atoms with Crippen LogP contribution in [-0.4, -0.2) is 80.5 Å². The standard InChI is InChI=1S/C32H45N3O4S/c1-24(2)19-30(36)35-22-27(29(23-35)26-7-5-4-6-8-26)21-33-16-13-32(14-17-33)15-18-34(31(32)37)20-25-9-11-28(12-10-25)40(3,38)39/h4-5,7,9-12,24,27,29H,6,8,13-23H2,1-3H3/t27-,29?/m0/s1. The summed E-state index contributed by atoms with van der Waals surface area (Å²) < 4.78 is 23.5. The topological polar surface area (TPSA) is 78.0 Å². The molecule has 40 heavy (non-hydrogen) atoms. The molecule has 0 bridgehead atoms. The molecule has 218 valence electrons. The summed E-state index contributed by atoms with van der Waals surface area (Å²) in [6.07, 6.45) is 13.3. The second-order valence-corrected chi connectivity index (χ2v) is 15.0. The van der Waals surface area contributed by atoms with Gasteiger partial charge in [0, 0.05) is 51.3 Å². The van der Waals surface area contributed by atoms with Crippen LogP contribution in [0.1, 0.15) is 57.9 Å². The van der Waals surface area contributed by atoms with Crippen LogP contribution in [0.2, 0.25) is 0 Å². The summed E-state index contributed by atoms with van der Waals surface area (Å²) in [6, 6.07) is 6.91. The minimum atomic E-state index is -3.23. The third kappa shape index (κ3) is 6.38. The molecule has 1 aromatic rings. The Balaban J connectivity index is 1.18. The van der Waals surface area contributed by atoms with Crippen LogP contribution in [0.4, 0.5) is 0 Å². The number of amides is 2. The van der Waals surface area contributed by atoms with E-state index in [1.807, 2.05) is 17.0 Å². The molecule has 5 rings (SSSR count). The van der Waals surface area contributed by atoms with Crippen molar-refractivity contribution in [3.8, 4) is 0 Å². The molecular weight excluding hydrogens is 522 g/mol. The molecule has 2 amide bonds. The van der Waals surface area contributed by atoms with Crippen LogP contribution in [0.15, 0.2) is 53.0 Å². The van der Waals surface area contributed by atoms with Crippen molar-refractivity contribution >= 4 is 21.7 Å². The molecule has 8 heteroatoms. The number of hydrogen-bond donors (Lipinski definition) is 0. The van der Waals surface area contributed by atoms with Crippen LogP contribution in [0, 0.1) is 23.2 Å². The molecule has 2 atom stereocenters. The van der Waals surface area contributed by atoms with E-state index in [1.54, 1.807) is 12.1 Å². The van der Waals surface area contributed by atoms with Gasteiger partial charge < -0.3 is 14.7 Å². The highest BCUT2D eigenvalue weighted by Crippen LogP contribution is 2.43. The number of likely N-dealkylation sites (tertiary alicyclic amines) is 3. The van der Waals surface area contributed by atoms with E-state index in [-0.39, 0.29) is 17.2 Å². The van der Waals surface area contributed by atoms with Crippen molar-refractivity contribution in [1.82, 2.24) is 14.7 Å². The highest BCUT2D eigenvalue weighted by Gasteiger charge is 2.48. The largest absolute Gasteiger partial charge is 0.342 e. The van der Waals surface area contributed by atoms with Gasteiger partial charge in [0.1, 0.15) is 0 Å². The Morgan fingerprint density at radius 1 is 1.05 bits per heavy atom. The second-order valence-electron chi connectivity index (χ2n) is 12.9. The number of rotatable bonds is 8.